The SMILES string of the molecule is CCC\C=C/C=C\C=C/C=C\C=C/CCCCCCCC(=O)OCC(COC(=O)CCCCCC/C=C\CCCC)OC(=O)CCCCCCCCCCCCC. The predicted octanol–water partition coefficient (Wildman–Crippen LogP) is 15.1. The van der Waals surface area contributed by atoms with Crippen molar-refractivity contribution in [2.45, 2.75) is 219 Å². The van der Waals surface area contributed by atoms with Gasteiger partial charge in [0.05, 0.1) is 0 Å². The molecule has 0 heterocycles. The zero-order chi connectivity index (χ0) is 41.5. The van der Waals surface area contributed by atoms with Gasteiger partial charge in [0.15, 0.2) is 6.10 Å². The van der Waals surface area contributed by atoms with Crippen LogP contribution in [0.1, 0.15) is 213 Å². The number of carbonyl (C=O) groups is 3. The van der Waals surface area contributed by atoms with E-state index in [1.54, 1.807) is 0 Å². The normalized spacial score (nSPS) is 12.7. The highest BCUT2D eigenvalue weighted by atomic mass is 16.6. The molecule has 0 aromatic rings. The van der Waals surface area contributed by atoms with Crippen molar-refractivity contribution < 1.29 is 28.6 Å². The second-order valence-corrected chi connectivity index (χ2v) is 15.4. The fraction of sp³-hybridized carbons (Fsp3) is 0.706. The Morgan fingerprint density at radius 1 is 0.351 bits per heavy atom. The minimum Gasteiger partial charge on any atom is -0.462 e. The Morgan fingerprint density at radius 2 is 0.702 bits per heavy atom. The number of hydrogen-bond donors (Lipinski definition) is 0. The largest absolute Gasteiger partial charge is 0.462 e. The van der Waals surface area contributed by atoms with E-state index in [-0.39, 0.29) is 31.1 Å². The molecule has 1 unspecified atom stereocenters. The second kappa shape index (κ2) is 45.6. The maximum atomic E-state index is 12.7. The van der Waals surface area contributed by atoms with Gasteiger partial charge in [0.25, 0.3) is 0 Å². The quantitative estimate of drug-likeness (QED) is 0.0202. The summed E-state index contributed by atoms with van der Waals surface area (Å²) in [6.45, 7) is 6.45. The molecule has 0 aliphatic heterocycles. The number of hydrogen-bond acceptors (Lipinski definition) is 6. The lowest BCUT2D eigenvalue weighted by atomic mass is 10.1. The minimum absolute atomic E-state index is 0.0893. The number of ether oxygens (including phenoxy) is 3. The first-order valence-corrected chi connectivity index (χ1v) is 23.5. The van der Waals surface area contributed by atoms with Gasteiger partial charge in [-0.15, -0.1) is 0 Å². The van der Waals surface area contributed by atoms with Gasteiger partial charge < -0.3 is 14.2 Å². The predicted molar refractivity (Wildman–Crippen MR) is 242 cm³/mol. The monoisotopic (exact) mass is 795 g/mol. The van der Waals surface area contributed by atoms with E-state index in [9.17, 15) is 14.4 Å². The molecule has 0 saturated carbocycles. The third-order valence-electron chi connectivity index (χ3n) is 9.79. The number of rotatable bonds is 41. The van der Waals surface area contributed by atoms with Gasteiger partial charge in [-0.3, -0.25) is 14.4 Å². The molecule has 0 saturated heterocycles. The van der Waals surface area contributed by atoms with E-state index in [1.807, 2.05) is 24.3 Å². The Kier molecular flexibility index (Phi) is 43.0. The Balaban J connectivity index is 4.41. The topological polar surface area (TPSA) is 78.9 Å². The smallest absolute Gasteiger partial charge is 0.306 e. The van der Waals surface area contributed by atoms with Gasteiger partial charge in [-0.05, 0) is 57.8 Å². The summed E-state index contributed by atoms with van der Waals surface area (Å²) in [4.78, 5) is 37.7. The van der Waals surface area contributed by atoms with Gasteiger partial charge in [-0.2, -0.15) is 0 Å². The van der Waals surface area contributed by atoms with Crippen LogP contribution in [0.4, 0.5) is 0 Å². The van der Waals surface area contributed by atoms with Gasteiger partial charge in [-0.25, -0.2) is 0 Å². The van der Waals surface area contributed by atoms with Crippen molar-refractivity contribution >= 4 is 17.9 Å². The van der Waals surface area contributed by atoms with Crippen LogP contribution >= 0.6 is 0 Å². The first kappa shape index (κ1) is 53.9. The average Bonchev–Trinajstić information content (AvgIpc) is 3.21. The van der Waals surface area contributed by atoms with Gasteiger partial charge in [-0.1, -0.05) is 209 Å². The van der Waals surface area contributed by atoms with Crippen molar-refractivity contribution in [3.8, 4) is 0 Å². The van der Waals surface area contributed by atoms with Crippen LogP contribution in [-0.2, 0) is 28.6 Å². The van der Waals surface area contributed by atoms with Crippen LogP contribution in [0.3, 0.4) is 0 Å². The number of esters is 3. The summed E-state index contributed by atoms with van der Waals surface area (Å²) in [6, 6.07) is 0. The van der Waals surface area contributed by atoms with E-state index in [2.05, 4.69) is 69.4 Å². The van der Waals surface area contributed by atoms with Gasteiger partial charge in [0, 0.05) is 19.3 Å². The van der Waals surface area contributed by atoms with Crippen molar-refractivity contribution in [1.29, 1.82) is 0 Å². The molecule has 326 valence electrons. The maximum Gasteiger partial charge on any atom is 0.306 e. The number of unbranched alkanes of at least 4 members (excludes halogenated alkanes) is 22. The Bertz CT molecular complexity index is 1100. The Hall–Kier alpha value is -3.15. The van der Waals surface area contributed by atoms with Crippen molar-refractivity contribution in [3.63, 3.8) is 0 Å². The Morgan fingerprint density at radius 3 is 1.16 bits per heavy atom. The van der Waals surface area contributed by atoms with Crippen molar-refractivity contribution in [1.82, 2.24) is 0 Å². The maximum absolute atomic E-state index is 12.7. The summed E-state index contributed by atoms with van der Waals surface area (Å²) in [5.74, 6) is -0.931. The summed E-state index contributed by atoms with van der Waals surface area (Å²) in [7, 11) is 0. The van der Waals surface area contributed by atoms with E-state index in [4.69, 9.17) is 14.2 Å². The molecule has 0 aromatic carbocycles. The molecule has 0 fully saturated rings. The lowest BCUT2D eigenvalue weighted by molar-refractivity contribution is -0.167. The Labute approximate surface area is 351 Å². The molecule has 0 aliphatic carbocycles. The zero-order valence-electron chi connectivity index (χ0n) is 37.1. The molecule has 6 nitrogen and oxygen atoms in total. The first-order chi connectivity index (χ1) is 28.0. The molecule has 0 rings (SSSR count). The lowest BCUT2D eigenvalue weighted by Gasteiger charge is -2.18. The molecule has 0 amide bonds. The summed E-state index contributed by atoms with van der Waals surface area (Å²) >= 11 is 0. The van der Waals surface area contributed by atoms with Crippen LogP contribution < -0.4 is 0 Å². The van der Waals surface area contributed by atoms with E-state index in [0.29, 0.717) is 19.3 Å². The summed E-state index contributed by atoms with van der Waals surface area (Å²) in [5.41, 5.74) is 0. The zero-order valence-corrected chi connectivity index (χ0v) is 37.1. The molecule has 57 heavy (non-hydrogen) atoms. The van der Waals surface area contributed by atoms with Gasteiger partial charge in [0.2, 0.25) is 0 Å². The summed E-state index contributed by atoms with van der Waals surface area (Å²) in [5, 5.41) is 0. The third-order valence-corrected chi connectivity index (χ3v) is 9.79. The molecule has 0 aromatic heterocycles. The van der Waals surface area contributed by atoms with Crippen molar-refractivity contribution in [2.75, 3.05) is 13.2 Å². The van der Waals surface area contributed by atoms with E-state index < -0.39 is 6.10 Å². The van der Waals surface area contributed by atoms with Crippen molar-refractivity contribution in [2.24, 2.45) is 0 Å². The first-order valence-electron chi connectivity index (χ1n) is 23.5. The summed E-state index contributed by atoms with van der Waals surface area (Å²) < 4.78 is 16.7. The molecule has 0 aliphatic rings. The molecular weight excluding hydrogens is 709 g/mol. The van der Waals surface area contributed by atoms with Gasteiger partial charge in [0.1, 0.15) is 13.2 Å². The average molecular weight is 795 g/mol. The number of allylic oxidation sites excluding steroid dienone is 12. The van der Waals surface area contributed by atoms with E-state index in [1.165, 1.54) is 70.6 Å². The van der Waals surface area contributed by atoms with Crippen LogP contribution in [0.15, 0.2) is 72.9 Å². The lowest BCUT2D eigenvalue weighted by Crippen LogP contribution is -2.30. The van der Waals surface area contributed by atoms with Crippen LogP contribution in [-0.4, -0.2) is 37.2 Å². The molecule has 0 N–H and O–H groups in total. The standard InChI is InChI=1S/C51H86O6/c1-4-7-10-13-16-19-22-23-24-25-26-27-28-30-32-35-38-41-44-50(53)56-47-48(46-55-49(52)43-40-37-34-31-21-18-15-12-9-6-3)57-51(54)45-42-39-36-33-29-20-17-14-11-8-5-2/h10,13,15-16,18-19,22-27,48H,4-9,11-12,14,17,20-21,28-47H2,1-3H3/b13-10-,18-15-,19-16-,23-22-,25-24-,27-26-. The molecule has 0 spiro atoms. The molecular formula is C51H86O6. The highest BCUT2D eigenvalue weighted by molar-refractivity contribution is 5.71. The highest BCUT2D eigenvalue weighted by Crippen LogP contribution is 2.14. The highest BCUT2D eigenvalue weighted by Gasteiger charge is 2.19. The van der Waals surface area contributed by atoms with Crippen LogP contribution in [0.2, 0.25) is 0 Å². The fourth-order valence-corrected chi connectivity index (χ4v) is 6.22. The van der Waals surface area contributed by atoms with Crippen LogP contribution in [0.25, 0.3) is 0 Å². The molecule has 0 bridgehead atoms. The van der Waals surface area contributed by atoms with E-state index >= 15 is 0 Å². The molecule has 0 radical (unpaired) electrons. The van der Waals surface area contributed by atoms with Crippen LogP contribution in [0, 0.1) is 0 Å². The van der Waals surface area contributed by atoms with Crippen LogP contribution in [0.5, 0.6) is 0 Å². The van der Waals surface area contributed by atoms with Crippen molar-refractivity contribution in [3.05, 3.63) is 72.9 Å². The minimum atomic E-state index is -0.786. The third kappa shape index (κ3) is 43.8. The van der Waals surface area contributed by atoms with Gasteiger partial charge >= 0.3 is 17.9 Å². The summed E-state index contributed by atoms with van der Waals surface area (Å²) in [6.07, 6.45) is 55.9. The second-order valence-electron chi connectivity index (χ2n) is 15.4. The number of carbonyl (C=O) groups excluding carboxylic acids is 3. The molecule has 1 atom stereocenters. The van der Waals surface area contributed by atoms with E-state index in [0.717, 1.165) is 103 Å². The molecule has 6 heteroatoms. The fourth-order valence-electron chi connectivity index (χ4n) is 6.22.